The Kier molecular flexibility index (Phi) is 7.04. The zero-order valence-corrected chi connectivity index (χ0v) is 20.6. The first kappa shape index (κ1) is 23.1. The number of esters is 1. The van der Waals surface area contributed by atoms with Gasteiger partial charge in [-0.25, -0.2) is 4.79 Å². The summed E-state index contributed by atoms with van der Waals surface area (Å²) in [5.41, 5.74) is 1.93. The van der Waals surface area contributed by atoms with Gasteiger partial charge in [-0.1, -0.05) is 65.2 Å². The van der Waals surface area contributed by atoms with E-state index in [0.29, 0.717) is 5.41 Å². The fraction of sp³-hybridized carbons (Fsp3) is 0.828. The van der Waals surface area contributed by atoms with Crippen molar-refractivity contribution >= 4 is 5.97 Å². The quantitative estimate of drug-likeness (QED) is 0.236. The standard InChI is InChI=1S/C29H46O2/c1-6-28(30)31-22-16-17-29(5)21(18-22)10-11-26-25-13-12-23(24(25)14-15-27(26)29)20(4)9-7-8-19(2)3/h6,10,19-20,22-27H,1,7-9,11-18H2,2-5H3/t20?,22?,23?,24?,25?,26?,27?,29-/m0/s1. The van der Waals surface area contributed by atoms with Crippen LogP contribution < -0.4 is 0 Å². The minimum absolute atomic E-state index is 0.0558. The molecule has 0 heterocycles. The lowest BCUT2D eigenvalue weighted by molar-refractivity contribution is -0.145. The van der Waals surface area contributed by atoms with Crippen molar-refractivity contribution in [2.24, 2.45) is 46.8 Å². The third-order valence-electron chi connectivity index (χ3n) is 10.1. The van der Waals surface area contributed by atoms with Crippen LogP contribution in [-0.4, -0.2) is 12.1 Å². The van der Waals surface area contributed by atoms with Gasteiger partial charge in [0.15, 0.2) is 0 Å². The van der Waals surface area contributed by atoms with Crippen LogP contribution in [0.25, 0.3) is 0 Å². The van der Waals surface area contributed by atoms with Crippen molar-refractivity contribution in [3.05, 3.63) is 24.3 Å². The van der Waals surface area contributed by atoms with Crippen LogP contribution in [0.15, 0.2) is 24.3 Å². The van der Waals surface area contributed by atoms with Gasteiger partial charge in [0.05, 0.1) is 0 Å². The highest BCUT2D eigenvalue weighted by Gasteiger charge is 2.54. The van der Waals surface area contributed by atoms with Gasteiger partial charge >= 0.3 is 5.97 Å². The van der Waals surface area contributed by atoms with Gasteiger partial charge in [0.2, 0.25) is 0 Å². The first-order chi connectivity index (χ1) is 14.8. The normalized spacial score (nSPS) is 40.4. The lowest BCUT2D eigenvalue weighted by Crippen LogP contribution is -2.48. The van der Waals surface area contributed by atoms with Gasteiger partial charge in [0, 0.05) is 12.5 Å². The second-order valence-corrected chi connectivity index (χ2v) is 12.1. The van der Waals surface area contributed by atoms with Gasteiger partial charge in [0.1, 0.15) is 6.10 Å². The molecule has 4 rings (SSSR count). The first-order valence-corrected chi connectivity index (χ1v) is 13.4. The highest BCUT2D eigenvalue weighted by Crippen LogP contribution is 2.63. The Morgan fingerprint density at radius 3 is 2.65 bits per heavy atom. The van der Waals surface area contributed by atoms with Crippen LogP contribution in [0.5, 0.6) is 0 Å². The van der Waals surface area contributed by atoms with Crippen molar-refractivity contribution in [1.82, 2.24) is 0 Å². The number of ether oxygens (including phenoxy) is 1. The molecule has 0 aliphatic heterocycles. The van der Waals surface area contributed by atoms with Gasteiger partial charge in [-0.2, -0.15) is 0 Å². The Morgan fingerprint density at radius 1 is 1.13 bits per heavy atom. The summed E-state index contributed by atoms with van der Waals surface area (Å²) in [5, 5.41) is 0. The van der Waals surface area contributed by atoms with Crippen molar-refractivity contribution in [3.8, 4) is 0 Å². The van der Waals surface area contributed by atoms with E-state index in [1.165, 1.54) is 63.9 Å². The summed E-state index contributed by atoms with van der Waals surface area (Å²) in [7, 11) is 0. The van der Waals surface area contributed by atoms with Crippen LogP contribution in [0.3, 0.4) is 0 Å². The minimum Gasteiger partial charge on any atom is -0.459 e. The molecular weight excluding hydrogens is 380 g/mol. The maximum atomic E-state index is 11.7. The Bertz CT molecular complexity index is 691. The van der Waals surface area contributed by atoms with Crippen LogP contribution >= 0.6 is 0 Å². The zero-order valence-electron chi connectivity index (χ0n) is 20.6. The molecule has 0 aromatic heterocycles. The average molecular weight is 427 g/mol. The fourth-order valence-electron chi connectivity index (χ4n) is 8.41. The molecule has 0 radical (unpaired) electrons. The number of carbonyl (C=O) groups is 1. The third-order valence-corrected chi connectivity index (χ3v) is 10.1. The average Bonchev–Trinajstić information content (AvgIpc) is 3.18. The first-order valence-electron chi connectivity index (χ1n) is 13.4. The summed E-state index contributed by atoms with van der Waals surface area (Å²) < 4.78 is 5.63. The van der Waals surface area contributed by atoms with E-state index in [-0.39, 0.29) is 12.1 Å². The lowest BCUT2D eigenvalue weighted by atomic mass is 9.50. The van der Waals surface area contributed by atoms with Crippen LogP contribution in [0.2, 0.25) is 0 Å². The van der Waals surface area contributed by atoms with E-state index < -0.39 is 0 Å². The number of carbonyl (C=O) groups excluding carboxylic acids is 1. The molecule has 0 spiro atoms. The Hall–Kier alpha value is -1.05. The highest BCUT2D eigenvalue weighted by molar-refractivity contribution is 5.81. The molecule has 0 bridgehead atoms. The number of fused-ring (bicyclic) bond motifs is 5. The number of hydrogen-bond acceptors (Lipinski definition) is 2. The molecule has 3 saturated carbocycles. The number of hydrogen-bond donors (Lipinski definition) is 0. The summed E-state index contributed by atoms with van der Waals surface area (Å²) >= 11 is 0. The van der Waals surface area contributed by atoms with E-state index in [1.54, 1.807) is 5.57 Å². The summed E-state index contributed by atoms with van der Waals surface area (Å²) in [6.07, 6.45) is 18.4. The van der Waals surface area contributed by atoms with Crippen molar-refractivity contribution in [2.75, 3.05) is 0 Å². The lowest BCUT2D eigenvalue weighted by Gasteiger charge is -2.55. The fourth-order valence-corrected chi connectivity index (χ4v) is 8.41. The summed E-state index contributed by atoms with van der Waals surface area (Å²) in [6, 6.07) is 0. The molecule has 8 atom stereocenters. The summed E-state index contributed by atoms with van der Waals surface area (Å²) in [6.45, 7) is 13.4. The Labute approximate surface area is 191 Å². The topological polar surface area (TPSA) is 26.3 Å². The molecule has 3 fully saturated rings. The van der Waals surface area contributed by atoms with Gasteiger partial charge in [-0.15, -0.1) is 0 Å². The molecule has 174 valence electrons. The smallest absolute Gasteiger partial charge is 0.330 e. The van der Waals surface area contributed by atoms with Crippen molar-refractivity contribution in [1.29, 1.82) is 0 Å². The number of rotatable bonds is 7. The Morgan fingerprint density at radius 2 is 1.90 bits per heavy atom. The molecule has 4 aliphatic carbocycles. The molecule has 7 unspecified atom stereocenters. The van der Waals surface area contributed by atoms with Gasteiger partial charge in [-0.3, -0.25) is 0 Å². The van der Waals surface area contributed by atoms with Crippen LogP contribution in [0.1, 0.15) is 98.3 Å². The van der Waals surface area contributed by atoms with E-state index >= 15 is 0 Å². The molecule has 2 heteroatoms. The van der Waals surface area contributed by atoms with Crippen LogP contribution in [0, 0.1) is 46.8 Å². The Balaban J connectivity index is 1.41. The third kappa shape index (κ3) is 4.55. The summed E-state index contributed by atoms with van der Waals surface area (Å²) in [5.74, 6) is 6.16. The van der Waals surface area contributed by atoms with Crippen molar-refractivity contribution < 1.29 is 9.53 Å². The molecule has 0 aromatic carbocycles. The molecule has 0 aromatic rings. The summed E-state index contributed by atoms with van der Waals surface area (Å²) in [4.78, 5) is 11.7. The van der Waals surface area contributed by atoms with Crippen LogP contribution in [-0.2, 0) is 9.53 Å². The van der Waals surface area contributed by atoms with E-state index in [9.17, 15) is 4.79 Å². The largest absolute Gasteiger partial charge is 0.459 e. The zero-order chi connectivity index (χ0) is 22.2. The van der Waals surface area contributed by atoms with Crippen LogP contribution in [0.4, 0.5) is 0 Å². The van der Waals surface area contributed by atoms with E-state index in [1.807, 2.05) is 0 Å². The second-order valence-electron chi connectivity index (χ2n) is 12.1. The van der Waals surface area contributed by atoms with Crippen molar-refractivity contribution in [2.45, 2.75) is 104 Å². The molecular formula is C29H46O2. The van der Waals surface area contributed by atoms with E-state index in [0.717, 1.165) is 54.3 Å². The maximum absolute atomic E-state index is 11.7. The predicted octanol–water partition coefficient (Wildman–Crippen LogP) is 7.74. The molecule has 4 aliphatic rings. The highest BCUT2D eigenvalue weighted by atomic mass is 16.5. The molecule has 0 N–H and O–H groups in total. The predicted molar refractivity (Wildman–Crippen MR) is 129 cm³/mol. The molecule has 0 amide bonds. The van der Waals surface area contributed by atoms with Gasteiger partial charge in [0.25, 0.3) is 0 Å². The SMILES string of the molecule is C=CC(=O)OC1CC[C@@]2(C)C(=CCC3C4CCC(C(C)CCCC(C)C)C4CCC32)C1. The van der Waals surface area contributed by atoms with Gasteiger partial charge in [-0.05, 0) is 91.8 Å². The maximum Gasteiger partial charge on any atom is 0.330 e. The van der Waals surface area contributed by atoms with Gasteiger partial charge < -0.3 is 4.74 Å². The van der Waals surface area contributed by atoms with E-state index in [2.05, 4.69) is 40.3 Å². The number of allylic oxidation sites excluding steroid dienone is 1. The monoisotopic (exact) mass is 426 g/mol. The minimum atomic E-state index is -0.261. The molecule has 0 saturated heterocycles. The van der Waals surface area contributed by atoms with E-state index in [4.69, 9.17) is 4.74 Å². The molecule has 31 heavy (non-hydrogen) atoms. The second kappa shape index (κ2) is 9.44. The molecule has 2 nitrogen and oxygen atoms in total. The van der Waals surface area contributed by atoms with Crippen molar-refractivity contribution in [3.63, 3.8) is 0 Å².